The lowest BCUT2D eigenvalue weighted by Crippen LogP contribution is -2.43. The second-order valence-electron chi connectivity index (χ2n) is 5.84. The Morgan fingerprint density at radius 2 is 2.00 bits per heavy atom. The Kier molecular flexibility index (Phi) is 5.18. The molecule has 0 fully saturated rings. The van der Waals surface area contributed by atoms with Gasteiger partial charge in [0.2, 0.25) is 5.91 Å². The highest BCUT2D eigenvalue weighted by Gasteiger charge is 2.34. The number of carbonyl (C=O) groups excluding carboxylic acids is 1. The molecule has 3 rings (SSSR count). The number of thioether (sulfide) groups is 1. The molecule has 1 heterocycles. The van der Waals surface area contributed by atoms with Gasteiger partial charge in [-0.05, 0) is 29.7 Å². The van der Waals surface area contributed by atoms with Crippen LogP contribution in [0.1, 0.15) is 18.9 Å². The number of nitrogens with one attached hydrogen (secondary N) is 1. The Morgan fingerprint density at radius 1 is 1.25 bits per heavy atom. The van der Waals surface area contributed by atoms with Crippen LogP contribution in [0.5, 0.6) is 0 Å². The molecule has 2 atom stereocenters. The van der Waals surface area contributed by atoms with E-state index in [-0.39, 0.29) is 5.91 Å². The van der Waals surface area contributed by atoms with Crippen LogP contribution in [0.15, 0.2) is 47.5 Å². The Balaban J connectivity index is 1.57. The summed E-state index contributed by atoms with van der Waals surface area (Å²) in [7, 11) is 0. The molecule has 0 spiro atoms. The second-order valence-corrected chi connectivity index (χ2v) is 7.17. The summed E-state index contributed by atoms with van der Waals surface area (Å²) in [6.45, 7) is 1.79. The fourth-order valence-electron chi connectivity index (χ4n) is 2.78. The minimum absolute atomic E-state index is 0.115. The quantitative estimate of drug-likeness (QED) is 0.725. The number of aliphatic imine (C=N–C) groups is 1. The summed E-state index contributed by atoms with van der Waals surface area (Å²) in [5.74, 6) is -0.115. The van der Waals surface area contributed by atoms with E-state index in [1.807, 2.05) is 18.2 Å². The van der Waals surface area contributed by atoms with Gasteiger partial charge in [0.25, 0.3) is 0 Å². The van der Waals surface area contributed by atoms with E-state index in [0.29, 0.717) is 12.8 Å². The largest absolute Gasteiger partial charge is 0.366 e. The summed E-state index contributed by atoms with van der Waals surface area (Å²) in [5, 5.41) is 24.2. The number of aliphatic hydroxyl groups is 2. The molecule has 0 radical (unpaired) electrons. The molecule has 2 aromatic carbocycles. The number of hydrogen-bond acceptors (Lipinski definition) is 5. The molecule has 0 saturated carbocycles. The van der Waals surface area contributed by atoms with Crippen LogP contribution in [0.2, 0.25) is 0 Å². The second kappa shape index (κ2) is 7.34. The third-order valence-electron chi connectivity index (χ3n) is 4.00. The molecule has 3 N–H and O–H groups in total. The van der Waals surface area contributed by atoms with Crippen LogP contribution in [0.3, 0.4) is 0 Å². The maximum atomic E-state index is 12.2. The summed E-state index contributed by atoms with van der Waals surface area (Å²) in [6.07, 6.45) is -0.580. The fraction of sp³-hybridized carbons (Fsp3) is 0.333. The first kappa shape index (κ1) is 17.0. The van der Waals surface area contributed by atoms with Gasteiger partial charge in [-0.3, -0.25) is 9.79 Å². The lowest BCUT2D eigenvalue weighted by atomic mass is 10.0. The molecular weight excluding hydrogens is 324 g/mol. The lowest BCUT2D eigenvalue weighted by molar-refractivity contribution is -0.122. The average Bonchev–Trinajstić information content (AvgIpc) is 2.93. The summed E-state index contributed by atoms with van der Waals surface area (Å²) in [5.41, 5.74) is 1.11. The molecule has 126 valence electrons. The van der Waals surface area contributed by atoms with Gasteiger partial charge in [-0.1, -0.05) is 54.2 Å². The van der Waals surface area contributed by atoms with Crippen LogP contribution in [0, 0.1) is 0 Å². The van der Waals surface area contributed by atoms with Gasteiger partial charge in [-0.25, -0.2) is 0 Å². The molecule has 2 aromatic rings. The highest BCUT2D eigenvalue weighted by Crippen LogP contribution is 2.26. The summed E-state index contributed by atoms with van der Waals surface area (Å²) in [6, 6.07) is 13.6. The van der Waals surface area contributed by atoms with E-state index in [4.69, 9.17) is 0 Å². The molecule has 6 heteroatoms. The molecule has 1 aliphatic rings. The Hall–Kier alpha value is -1.89. The van der Waals surface area contributed by atoms with E-state index >= 15 is 0 Å². The predicted octanol–water partition coefficient (Wildman–Crippen LogP) is 2.06. The Labute approximate surface area is 144 Å². The number of carbonyl (C=O) groups is 1. The zero-order valence-electron chi connectivity index (χ0n) is 13.3. The molecule has 0 bridgehead atoms. The number of benzene rings is 2. The van der Waals surface area contributed by atoms with Gasteiger partial charge in [0.15, 0.2) is 6.29 Å². The molecular formula is C18H20N2O3S. The highest BCUT2D eigenvalue weighted by atomic mass is 32.2. The standard InChI is InChI=1S/C18H20N2O3S/c1-11-19-16(18(22)23)17(24-11)20-15(21)9-7-12-6-8-13-4-2-3-5-14(13)10-12/h2-6,8,10,16-18,22-23H,7,9H2,1H3,(H,20,21)/t16-,17?/m0/s1. The van der Waals surface area contributed by atoms with Crippen molar-refractivity contribution in [1.82, 2.24) is 5.32 Å². The molecule has 1 aliphatic heterocycles. The van der Waals surface area contributed by atoms with Crippen molar-refractivity contribution < 1.29 is 15.0 Å². The van der Waals surface area contributed by atoms with Crippen molar-refractivity contribution in [3.63, 3.8) is 0 Å². The van der Waals surface area contributed by atoms with E-state index in [1.165, 1.54) is 17.1 Å². The van der Waals surface area contributed by atoms with Crippen LogP contribution >= 0.6 is 11.8 Å². The Bertz CT molecular complexity index is 776. The number of rotatable bonds is 5. The topological polar surface area (TPSA) is 81.9 Å². The highest BCUT2D eigenvalue weighted by molar-refractivity contribution is 8.14. The zero-order chi connectivity index (χ0) is 17.1. The third-order valence-corrected chi connectivity index (χ3v) is 5.10. The molecule has 0 aromatic heterocycles. The van der Waals surface area contributed by atoms with Crippen molar-refractivity contribution in [2.75, 3.05) is 0 Å². The molecule has 0 aliphatic carbocycles. The SMILES string of the molecule is CC1=N[C@H](C(O)O)C(NC(=O)CCc2ccc3ccccc3c2)S1. The lowest BCUT2D eigenvalue weighted by Gasteiger charge is -2.19. The van der Waals surface area contributed by atoms with Crippen LogP contribution in [0.4, 0.5) is 0 Å². The maximum Gasteiger partial charge on any atom is 0.221 e. The van der Waals surface area contributed by atoms with Gasteiger partial charge < -0.3 is 15.5 Å². The number of aryl methyl sites for hydroxylation is 1. The van der Waals surface area contributed by atoms with Crippen molar-refractivity contribution in [1.29, 1.82) is 0 Å². The molecule has 0 saturated heterocycles. The van der Waals surface area contributed by atoms with E-state index in [1.54, 1.807) is 6.92 Å². The number of nitrogens with zero attached hydrogens (tertiary/aromatic N) is 1. The van der Waals surface area contributed by atoms with Crippen LogP contribution in [-0.2, 0) is 11.2 Å². The average molecular weight is 344 g/mol. The fourth-order valence-corrected chi connectivity index (χ4v) is 3.86. The van der Waals surface area contributed by atoms with Gasteiger partial charge in [-0.2, -0.15) is 0 Å². The smallest absolute Gasteiger partial charge is 0.221 e. The predicted molar refractivity (Wildman–Crippen MR) is 96.9 cm³/mol. The van der Waals surface area contributed by atoms with Crippen molar-refractivity contribution in [3.8, 4) is 0 Å². The van der Waals surface area contributed by atoms with E-state index in [9.17, 15) is 15.0 Å². The van der Waals surface area contributed by atoms with Gasteiger partial charge in [0.1, 0.15) is 11.4 Å². The molecule has 5 nitrogen and oxygen atoms in total. The first-order valence-corrected chi connectivity index (χ1v) is 8.75. The Morgan fingerprint density at radius 3 is 2.75 bits per heavy atom. The van der Waals surface area contributed by atoms with E-state index in [2.05, 4.69) is 34.6 Å². The third kappa shape index (κ3) is 3.95. The van der Waals surface area contributed by atoms with Gasteiger partial charge in [0, 0.05) is 6.42 Å². The van der Waals surface area contributed by atoms with E-state index in [0.717, 1.165) is 16.0 Å². The normalized spacial score (nSPS) is 20.4. The minimum Gasteiger partial charge on any atom is -0.366 e. The molecule has 24 heavy (non-hydrogen) atoms. The first-order chi connectivity index (χ1) is 11.5. The summed E-state index contributed by atoms with van der Waals surface area (Å²) >= 11 is 1.35. The zero-order valence-corrected chi connectivity index (χ0v) is 14.2. The minimum atomic E-state index is -1.57. The number of hydrogen-bond donors (Lipinski definition) is 3. The van der Waals surface area contributed by atoms with Crippen molar-refractivity contribution in [2.45, 2.75) is 37.5 Å². The van der Waals surface area contributed by atoms with E-state index < -0.39 is 17.7 Å². The maximum absolute atomic E-state index is 12.2. The monoisotopic (exact) mass is 344 g/mol. The van der Waals surface area contributed by atoms with Crippen molar-refractivity contribution >= 4 is 33.5 Å². The number of fused-ring (bicyclic) bond motifs is 1. The van der Waals surface area contributed by atoms with Crippen molar-refractivity contribution in [2.24, 2.45) is 4.99 Å². The number of aliphatic hydroxyl groups excluding tert-OH is 1. The van der Waals surface area contributed by atoms with Gasteiger partial charge >= 0.3 is 0 Å². The van der Waals surface area contributed by atoms with Crippen molar-refractivity contribution in [3.05, 3.63) is 48.0 Å². The summed E-state index contributed by atoms with van der Waals surface area (Å²) in [4.78, 5) is 16.3. The van der Waals surface area contributed by atoms with Crippen LogP contribution < -0.4 is 5.32 Å². The van der Waals surface area contributed by atoms with Gasteiger partial charge in [0.05, 0.1) is 5.04 Å². The molecule has 1 amide bonds. The number of amides is 1. The molecule has 1 unspecified atom stereocenters. The van der Waals surface area contributed by atoms with Crippen LogP contribution in [-0.4, -0.2) is 38.9 Å². The first-order valence-electron chi connectivity index (χ1n) is 7.87. The van der Waals surface area contributed by atoms with Gasteiger partial charge in [-0.15, -0.1) is 0 Å². The summed E-state index contributed by atoms with van der Waals surface area (Å²) < 4.78 is 0. The van der Waals surface area contributed by atoms with Crippen LogP contribution in [0.25, 0.3) is 10.8 Å².